The van der Waals surface area contributed by atoms with Crippen molar-refractivity contribution < 1.29 is 0 Å². The second-order valence-electron chi connectivity index (χ2n) is 11.5. The van der Waals surface area contributed by atoms with Gasteiger partial charge in [-0.15, -0.1) is 0 Å². The van der Waals surface area contributed by atoms with Crippen LogP contribution in [0.2, 0.25) is 0 Å². The maximum atomic E-state index is 4.96. The van der Waals surface area contributed by atoms with Gasteiger partial charge in [-0.25, -0.2) is 9.97 Å². The van der Waals surface area contributed by atoms with E-state index in [4.69, 9.17) is 9.97 Å². The van der Waals surface area contributed by atoms with Gasteiger partial charge in [-0.2, -0.15) is 0 Å². The highest BCUT2D eigenvalue weighted by molar-refractivity contribution is 8.05. The maximum Gasteiger partial charge on any atom is 0.234 e. The highest BCUT2D eigenvalue weighted by Crippen LogP contribution is 2.60. The summed E-state index contributed by atoms with van der Waals surface area (Å²) in [6.45, 7) is 4.79. The van der Waals surface area contributed by atoms with Crippen LogP contribution in [0.1, 0.15) is 25.0 Å². The van der Waals surface area contributed by atoms with E-state index in [0.717, 1.165) is 16.6 Å². The summed E-state index contributed by atoms with van der Waals surface area (Å²) in [7, 11) is 0. The van der Waals surface area contributed by atoms with Crippen molar-refractivity contribution in [2.75, 3.05) is 0 Å². The lowest BCUT2D eigenvalue weighted by Gasteiger charge is -2.28. The lowest BCUT2D eigenvalue weighted by atomic mass is 9.81. The summed E-state index contributed by atoms with van der Waals surface area (Å²) in [5, 5.41) is 2.46. The van der Waals surface area contributed by atoms with Gasteiger partial charge < -0.3 is 0 Å². The summed E-state index contributed by atoms with van der Waals surface area (Å²) >= 11 is 3.81. The number of benzene rings is 5. The molecule has 5 heteroatoms. The van der Waals surface area contributed by atoms with Crippen molar-refractivity contribution in [2.45, 2.75) is 38.8 Å². The smallest absolute Gasteiger partial charge is 0.234 e. The zero-order chi connectivity index (χ0) is 28.0. The molecule has 0 saturated heterocycles. The van der Waals surface area contributed by atoms with E-state index in [0.29, 0.717) is 5.95 Å². The van der Waals surface area contributed by atoms with Crippen molar-refractivity contribution in [1.29, 1.82) is 0 Å². The van der Waals surface area contributed by atoms with Gasteiger partial charge >= 0.3 is 0 Å². The summed E-state index contributed by atoms with van der Waals surface area (Å²) in [4.78, 5) is 15.3. The molecule has 0 amide bonds. The van der Waals surface area contributed by atoms with Crippen LogP contribution in [-0.4, -0.2) is 14.5 Å². The summed E-state index contributed by atoms with van der Waals surface area (Å²) in [5.41, 5.74) is 9.65. The number of rotatable bonds is 2. The van der Waals surface area contributed by atoms with Gasteiger partial charge in [-0.3, -0.25) is 4.57 Å². The van der Waals surface area contributed by atoms with E-state index in [1.54, 1.807) is 0 Å². The van der Waals surface area contributed by atoms with E-state index in [1.807, 2.05) is 54.1 Å². The largest absolute Gasteiger partial charge is 0.278 e. The van der Waals surface area contributed by atoms with Gasteiger partial charge in [0.1, 0.15) is 0 Å². The number of aromatic nitrogens is 3. The van der Waals surface area contributed by atoms with Gasteiger partial charge in [-0.1, -0.05) is 116 Å². The molecule has 0 atom stereocenters. The van der Waals surface area contributed by atoms with E-state index in [9.17, 15) is 0 Å². The third-order valence-corrected chi connectivity index (χ3v) is 11.3. The molecule has 0 saturated carbocycles. The monoisotopic (exact) mass is 575 g/mol. The second kappa shape index (κ2) is 8.84. The van der Waals surface area contributed by atoms with Gasteiger partial charge in [0.15, 0.2) is 0 Å². The van der Waals surface area contributed by atoms with Crippen LogP contribution in [0.25, 0.3) is 50.0 Å². The van der Waals surface area contributed by atoms with E-state index >= 15 is 0 Å². The molecule has 1 aliphatic carbocycles. The Bertz CT molecular complexity index is 2210. The molecule has 0 N–H and O–H groups in total. The lowest BCUT2D eigenvalue weighted by Crippen LogP contribution is -2.18. The molecule has 42 heavy (non-hydrogen) atoms. The van der Waals surface area contributed by atoms with Crippen molar-refractivity contribution in [3.63, 3.8) is 0 Å². The van der Waals surface area contributed by atoms with Crippen LogP contribution in [0.15, 0.2) is 135 Å². The number of fused-ring (bicyclic) bond motifs is 10. The fourth-order valence-corrected chi connectivity index (χ4v) is 9.46. The fourth-order valence-electron chi connectivity index (χ4n) is 6.90. The molecule has 9 rings (SSSR count). The predicted octanol–water partition coefficient (Wildman–Crippen LogP) is 10.2. The molecule has 0 unspecified atom stereocenters. The Hall–Kier alpha value is -4.32. The van der Waals surface area contributed by atoms with Gasteiger partial charge in [0, 0.05) is 53.7 Å². The fraction of sp³-hybridized carbons (Fsp3) is 0.0811. The van der Waals surface area contributed by atoms with Crippen LogP contribution < -0.4 is 0 Å². The van der Waals surface area contributed by atoms with Crippen LogP contribution >= 0.6 is 23.5 Å². The minimum atomic E-state index is -0.217. The van der Waals surface area contributed by atoms with E-state index in [2.05, 4.69) is 103 Å². The summed E-state index contributed by atoms with van der Waals surface area (Å²) in [6.07, 6.45) is 3.89. The summed E-state index contributed by atoms with van der Waals surface area (Å²) in [5.74, 6) is 0.696. The molecule has 1 aliphatic heterocycles. The Morgan fingerprint density at radius 1 is 0.571 bits per heavy atom. The van der Waals surface area contributed by atoms with Crippen molar-refractivity contribution in [3.05, 3.63) is 127 Å². The van der Waals surface area contributed by atoms with Crippen LogP contribution in [0.5, 0.6) is 0 Å². The molecule has 3 nitrogen and oxygen atoms in total. The number of para-hydroxylation sites is 1. The average Bonchev–Trinajstić information content (AvgIpc) is 3.49. The molecule has 0 spiro atoms. The Balaban J connectivity index is 1.30. The first kappa shape index (κ1) is 24.3. The molecular weight excluding hydrogens is 551 g/mol. The van der Waals surface area contributed by atoms with Gasteiger partial charge in [-0.05, 0) is 52.1 Å². The topological polar surface area (TPSA) is 30.7 Å². The molecule has 0 bridgehead atoms. The molecule has 3 heterocycles. The Morgan fingerprint density at radius 2 is 1.24 bits per heavy atom. The highest BCUT2D eigenvalue weighted by atomic mass is 32.2. The molecule has 0 radical (unpaired) electrons. The number of hydrogen-bond acceptors (Lipinski definition) is 4. The second-order valence-corrected chi connectivity index (χ2v) is 13.6. The third kappa shape index (κ3) is 3.32. The first-order valence-electron chi connectivity index (χ1n) is 14.2. The lowest BCUT2D eigenvalue weighted by molar-refractivity contribution is 0.645. The molecule has 5 aromatic carbocycles. The summed E-state index contributed by atoms with van der Waals surface area (Å²) in [6, 6.07) is 37.0. The molecule has 2 aliphatic rings. The van der Waals surface area contributed by atoms with Crippen LogP contribution in [0, 0.1) is 0 Å². The SMILES string of the molecule is CC1(C)c2c(ccc3c2Sc2ccccc2S3)-c2ccc3c4ccccc4n(-c4ncc(-c5ccccc5)cn4)c3c21. The summed E-state index contributed by atoms with van der Waals surface area (Å²) < 4.78 is 2.29. The quantitative estimate of drug-likeness (QED) is 0.205. The Kier molecular flexibility index (Phi) is 5.11. The van der Waals surface area contributed by atoms with Gasteiger partial charge in [0.25, 0.3) is 0 Å². The van der Waals surface area contributed by atoms with Crippen molar-refractivity contribution in [3.8, 4) is 28.2 Å². The van der Waals surface area contributed by atoms with Crippen molar-refractivity contribution >= 4 is 45.3 Å². The third-order valence-electron chi connectivity index (χ3n) is 8.72. The molecule has 0 fully saturated rings. The minimum Gasteiger partial charge on any atom is -0.278 e. The van der Waals surface area contributed by atoms with Gasteiger partial charge in [0.05, 0.1) is 11.0 Å². The predicted molar refractivity (Wildman–Crippen MR) is 174 cm³/mol. The zero-order valence-electron chi connectivity index (χ0n) is 23.1. The molecule has 200 valence electrons. The van der Waals surface area contributed by atoms with Crippen LogP contribution in [-0.2, 0) is 5.41 Å². The Morgan fingerprint density at radius 3 is 2.05 bits per heavy atom. The highest BCUT2D eigenvalue weighted by Gasteiger charge is 2.42. The molecule has 7 aromatic rings. The van der Waals surface area contributed by atoms with Crippen LogP contribution in [0.4, 0.5) is 0 Å². The number of hydrogen-bond donors (Lipinski definition) is 0. The van der Waals surface area contributed by atoms with Crippen molar-refractivity contribution in [2.24, 2.45) is 0 Å². The van der Waals surface area contributed by atoms with E-state index in [1.165, 1.54) is 58.1 Å². The van der Waals surface area contributed by atoms with Crippen molar-refractivity contribution in [1.82, 2.24) is 14.5 Å². The van der Waals surface area contributed by atoms with Gasteiger partial charge in [0.2, 0.25) is 5.95 Å². The van der Waals surface area contributed by atoms with Crippen LogP contribution in [0.3, 0.4) is 0 Å². The first-order chi connectivity index (χ1) is 20.6. The molecular formula is C37H25N3S2. The average molecular weight is 576 g/mol. The standard InChI is InChI=1S/C37H25N3S2/c1-37(2)32-25(26-18-19-31-35(33(26)37)42-30-15-9-8-14-29(30)41-31)16-17-27-24-12-6-7-13-28(24)40(34(27)32)36-38-20-23(21-39-36)22-10-4-3-5-11-22/h3-21H,1-2H3. The zero-order valence-corrected chi connectivity index (χ0v) is 24.8. The Labute approximate surface area is 252 Å². The number of nitrogens with zero attached hydrogens (tertiary/aromatic N) is 3. The van der Waals surface area contributed by atoms with E-state index in [-0.39, 0.29) is 5.41 Å². The van der Waals surface area contributed by atoms with E-state index < -0.39 is 0 Å². The minimum absolute atomic E-state index is 0.217. The normalized spacial score (nSPS) is 14.4. The molecule has 2 aromatic heterocycles. The maximum absolute atomic E-state index is 4.96. The first-order valence-corrected chi connectivity index (χ1v) is 15.8.